The van der Waals surface area contributed by atoms with Crippen molar-refractivity contribution in [2.75, 3.05) is 20.1 Å². The maximum absolute atomic E-state index is 12.1. The van der Waals surface area contributed by atoms with Crippen LogP contribution in [0.3, 0.4) is 0 Å². The van der Waals surface area contributed by atoms with Crippen LogP contribution in [0.1, 0.15) is 25.7 Å². The summed E-state index contributed by atoms with van der Waals surface area (Å²) in [5.41, 5.74) is 0. The lowest BCUT2D eigenvalue weighted by Gasteiger charge is -2.31. The van der Waals surface area contributed by atoms with Gasteiger partial charge in [0.1, 0.15) is 6.10 Å². The van der Waals surface area contributed by atoms with Gasteiger partial charge in [0, 0.05) is 13.1 Å². The molecule has 1 aliphatic heterocycles. The Morgan fingerprint density at radius 3 is 2.32 bits per heavy atom. The molecule has 2 aliphatic rings. The molecule has 106 valence electrons. The first-order valence-electron chi connectivity index (χ1n) is 6.84. The number of allylic oxidation sites excluding steroid dienone is 2. The molecule has 0 amide bonds. The summed E-state index contributed by atoms with van der Waals surface area (Å²) in [5.74, 6) is -2.41. The summed E-state index contributed by atoms with van der Waals surface area (Å²) >= 11 is 0. The number of aliphatic carboxylic acids is 1. The first-order chi connectivity index (χ1) is 9.08. The van der Waals surface area contributed by atoms with Gasteiger partial charge >= 0.3 is 11.9 Å². The summed E-state index contributed by atoms with van der Waals surface area (Å²) in [4.78, 5) is 25.5. The van der Waals surface area contributed by atoms with E-state index < -0.39 is 17.8 Å². The fourth-order valence-corrected chi connectivity index (χ4v) is 2.70. The normalized spacial score (nSPS) is 29.1. The quantitative estimate of drug-likeness (QED) is 0.616. The van der Waals surface area contributed by atoms with Gasteiger partial charge in [0.25, 0.3) is 0 Å². The third-order valence-electron chi connectivity index (χ3n) is 4.00. The zero-order valence-electron chi connectivity index (χ0n) is 11.2. The van der Waals surface area contributed by atoms with Crippen LogP contribution in [-0.4, -0.2) is 48.2 Å². The van der Waals surface area contributed by atoms with Crippen LogP contribution >= 0.6 is 0 Å². The van der Waals surface area contributed by atoms with Gasteiger partial charge in [-0.3, -0.25) is 9.59 Å². The van der Waals surface area contributed by atoms with Crippen molar-refractivity contribution in [1.82, 2.24) is 4.90 Å². The molecule has 1 saturated heterocycles. The highest BCUT2D eigenvalue weighted by Crippen LogP contribution is 2.28. The molecule has 0 aromatic carbocycles. The van der Waals surface area contributed by atoms with Gasteiger partial charge in [0.15, 0.2) is 0 Å². The highest BCUT2D eigenvalue weighted by Gasteiger charge is 2.36. The Labute approximate surface area is 113 Å². The van der Waals surface area contributed by atoms with Crippen molar-refractivity contribution in [2.45, 2.75) is 31.8 Å². The van der Waals surface area contributed by atoms with E-state index in [9.17, 15) is 9.59 Å². The van der Waals surface area contributed by atoms with Crippen LogP contribution in [0.4, 0.5) is 0 Å². The average Bonchev–Trinajstić information content (AvgIpc) is 2.41. The highest BCUT2D eigenvalue weighted by atomic mass is 16.5. The maximum Gasteiger partial charge on any atom is 0.310 e. The topological polar surface area (TPSA) is 66.8 Å². The lowest BCUT2D eigenvalue weighted by molar-refractivity contribution is -0.163. The largest absolute Gasteiger partial charge is 0.481 e. The second-order valence-electron chi connectivity index (χ2n) is 5.43. The lowest BCUT2D eigenvalue weighted by Crippen LogP contribution is -2.39. The van der Waals surface area contributed by atoms with Gasteiger partial charge in [-0.1, -0.05) is 12.2 Å². The van der Waals surface area contributed by atoms with E-state index >= 15 is 0 Å². The molecule has 1 aliphatic carbocycles. The Hall–Kier alpha value is -1.36. The van der Waals surface area contributed by atoms with Gasteiger partial charge in [0.2, 0.25) is 0 Å². The molecule has 19 heavy (non-hydrogen) atoms. The number of carbonyl (C=O) groups is 2. The van der Waals surface area contributed by atoms with E-state index in [-0.39, 0.29) is 12.1 Å². The van der Waals surface area contributed by atoms with E-state index in [0.29, 0.717) is 12.8 Å². The third-order valence-corrected chi connectivity index (χ3v) is 4.00. The summed E-state index contributed by atoms with van der Waals surface area (Å²) in [6, 6.07) is 0. The number of carbonyl (C=O) groups excluding carboxylic acids is 1. The van der Waals surface area contributed by atoms with Gasteiger partial charge in [-0.05, 0) is 32.7 Å². The van der Waals surface area contributed by atoms with E-state index in [2.05, 4.69) is 4.90 Å². The molecule has 0 aromatic rings. The second kappa shape index (κ2) is 6.19. The molecule has 2 rings (SSSR count). The van der Waals surface area contributed by atoms with Crippen molar-refractivity contribution < 1.29 is 19.4 Å². The van der Waals surface area contributed by atoms with E-state index in [4.69, 9.17) is 9.84 Å². The van der Waals surface area contributed by atoms with Crippen molar-refractivity contribution in [1.29, 1.82) is 0 Å². The monoisotopic (exact) mass is 267 g/mol. The van der Waals surface area contributed by atoms with E-state index in [1.165, 1.54) is 0 Å². The van der Waals surface area contributed by atoms with Crippen LogP contribution in [0.5, 0.6) is 0 Å². The van der Waals surface area contributed by atoms with Crippen molar-refractivity contribution in [3.05, 3.63) is 12.2 Å². The number of piperidine rings is 1. The Balaban J connectivity index is 1.91. The highest BCUT2D eigenvalue weighted by molar-refractivity contribution is 5.81. The SMILES string of the molecule is CN1CCC(OC(=O)[C@@H]2CC=CC[C@@H]2C(=O)O)CC1. The van der Waals surface area contributed by atoms with Gasteiger partial charge in [-0.15, -0.1) is 0 Å². The number of esters is 1. The minimum atomic E-state index is -0.908. The lowest BCUT2D eigenvalue weighted by atomic mass is 9.83. The molecule has 1 fully saturated rings. The molecule has 1 N–H and O–H groups in total. The summed E-state index contributed by atoms with van der Waals surface area (Å²) < 4.78 is 5.50. The van der Waals surface area contributed by atoms with Crippen LogP contribution in [0, 0.1) is 11.8 Å². The number of hydrogen-bond donors (Lipinski definition) is 1. The summed E-state index contributed by atoms with van der Waals surface area (Å²) in [5, 5.41) is 9.15. The molecule has 0 unspecified atom stereocenters. The predicted molar refractivity (Wildman–Crippen MR) is 69.6 cm³/mol. The standard InChI is InChI=1S/C14H21NO4/c1-15-8-6-10(7-9-15)19-14(18)12-5-3-2-4-11(12)13(16)17/h2-3,10-12H,4-9H2,1H3,(H,16,17)/t11-,12+/m0/s1. The fourth-order valence-electron chi connectivity index (χ4n) is 2.70. The summed E-state index contributed by atoms with van der Waals surface area (Å²) in [6.07, 6.45) is 6.22. The van der Waals surface area contributed by atoms with Crippen LogP contribution in [0.25, 0.3) is 0 Å². The number of carboxylic acid groups (broad SMARTS) is 1. The van der Waals surface area contributed by atoms with Crippen molar-refractivity contribution >= 4 is 11.9 Å². The number of ether oxygens (including phenoxy) is 1. The number of hydrogen-bond acceptors (Lipinski definition) is 4. The second-order valence-corrected chi connectivity index (χ2v) is 5.43. The Morgan fingerprint density at radius 1 is 1.16 bits per heavy atom. The number of rotatable bonds is 3. The minimum absolute atomic E-state index is 0.0518. The smallest absolute Gasteiger partial charge is 0.310 e. The van der Waals surface area contributed by atoms with E-state index in [1.54, 1.807) is 0 Å². The maximum atomic E-state index is 12.1. The van der Waals surface area contributed by atoms with E-state index in [1.807, 2.05) is 19.2 Å². The average molecular weight is 267 g/mol. The van der Waals surface area contributed by atoms with Gasteiger partial charge < -0.3 is 14.7 Å². The number of likely N-dealkylation sites (tertiary alicyclic amines) is 1. The van der Waals surface area contributed by atoms with Crippen molar-refractivity contribution in [2.24, 2.45) is 11.8 Å². The first-order valence-corrected chi connectivity index (χ1v) is 6.84. The van der Waals surface area contributed by atoms with Crippen LogP contribution in [0.15, 0.2) is 12.2 Å². The first kappa shape index (κ1) is 14.1. The zero-order valence-corrected chi connectivity index (χ0v) is 11.2. The minimum Gasteiger partial charge on any atom is -0.481 e. The van der Waals surface area contributed by atoms with Crippen molar-refractivity contribution in [3.8, 4) is 0 Å². The number of carboxylic acids is 1. The summed E-state index contributed by atoms with van der Waals surface area (Å²) in [6.45, 7) is 1.84. The van der Waals surface area contributed by atoms with E-state index in [0.717, 1.165) is 25.9 Å². The molecule has 0 radical (unpaired) electrons. The van der Waals surface area contributed by atoms with Gasteiger partial charge in [-0.2, -0.15) is 0 Å². The molecule has 0 bridgehead atoms. The Kier molecular flexibility index (Phi) is 4.58. The molecule has 0 aromatic heterocycles. The molecule has 0 saturated carbocycles. The third kappa shape index (κ3) is 3.56. The Morgan fingerprint density at radius 2 is 1.74 bits per heavy atom. The van der Waals surface area contributed by atoms with Crippen LogP contribution in [-0.2, 0) is 14.3 Å². The summed E-state index contributed by atoms with van der Waals surface area (Å²) in [7, 11) is 2.05. The van der Waals surface area contributed by atoms with Gasteiger partial charge in [-0.25, -0.2) is 0 Å². The van der Waals surface area contributed by atoms with Crippen LogP contribution in [0.2, 0.25) is 0 Å². The fraction of sp³-hybridized carbons (Fsp3) is 0.714. The molecule has 0 spiro atoms. The van der Waals surface area contributed by atoms with Gasteiger partial charge in [0.05, 0.1) is 11.8 Å². The van der Waals surface area contributed by atoms with Crippen LogP contribution < -0.4 is 0 Å². The molecule has 5 nitrogen and oxygen atoms in total. The molecule has 2 atom stereocenters. The van der Waals surface area contributed by atoms with Crippen molar-refractivity contribution in [3.63, 3.8) is 0 Å². The molecular formula is C14H21NO4. The predicted octanol–water partition coefficient (Wildman–Crippen LogP) is 1.29. The number of nitrogens with zero attached hydrogens (tertiary/aromatic N) is 1. The molecule has 5 heteroatoms. The molecule has 1 heterocycles. The Bertz CT molecular complexity index is 372. The molecular weight excluding hydrogens is 246 g/mol. The zero-order chi connectivity index (χ0) is 13.8.